The summed E-state index contributed by atoms with van der Waals surface area (Å²) in [6, 6.07) is -1.06. The van der Waals surface area contributed by atoms with E-state index in [0.717, 1.165) is 0 Å². The van der Waals surface area contributed by atoms with Gasteiger partial charge in [-0.25, -0.2) is 4.79 Å². The minimum Gasteiger partial charge on any atom is -0.480 e. The molecule has 0 spiro atoms. The van der Waals surface area contributed by atoms with Crippen molar-refractivity contribution in [2.45, 2.75) is 26.0 Å². The zero-order valence-corrected chi connectivity index (χ0v) is 8.39. The van der Waals surface area contributed by atoms with Gasteiger partial charge in [-0.1, -0.05) is 0 Å². The van der Waals surface area contributed by atoms with Crippen LogP contribution < -0.4 is 10.6 Å². The minimum absolute atomic E-state index is 0.232. The number of carbonyl (C=O) groups is 1. The van der Waals surface area contributed by atoms with E-state index in [0.29, 0.717) is 6.54 Å². The van der Waals surface area contributed by atoms with Crippen molar-refractivity contribution in [2.75, 3.05) is 6.54 Å². The minimum atomic E-state index is -1.13. The molecule has 0 aromatic heterocycles. The van der Waals surface area contributed by atoms with Gasteiger partial charge in [0.1, 0.15) is 0 Å². The average molecular weight is 206 g/mol. The molecule has 0 saturated heterocycles. The van der Waals surface area contributed by atoms with Crippen molar-refractivity contribution in [1.82, 2.24) is 10.6 Å². The van der Waals surface area contributed by atoms with E-state index in [1.165, 1.54) is 6.92 Å². The molecule has 6 heteroatoms. The molecule has 0 radical (unpaired) electrons. The zero-order chi connectivity index (χ0) is 10.4. The normalized spacial score (nSPS) is 14.4. The van der Waals surface area contributed by atoms with Crippen LogP contribution in [0.3, 0.4) is 0 Å². The number of rotatable bonds is 4. The second kappa shape index (κ2) is 5.71. The lowest BCUT2D eigenvalue weighted by atomic mass is 10.2. The van der Waals surface area contributed by atoms with Crippen LogP contribution in [-0.4, -0.2) is 40.0 Å². The van der Waals surface area contributed by atoms with Gasteiger partial charge in [0.05, 0.1) is 6.10 Å². The Morgan fingerprint density at radius 3 is 2.46 bits per heavy atom. The van der Waals surface area contributed by atoms with Crippen LogP contribution in [0, 0.1) is 0 Å². The molecule has 0 aromatic carbocycles. The highest BCUT2D eigenvalue weighted by Crippen LogP contribution is 1.92. The second-order valence-electron chi connectivity index (χ2n) is 2.56. The van der Waals surface area contributed by atoms with Crippen LogP contribution in [0.1, 0.15) is 13.8 Å². The van der Waals surface area contributed by atoms with Gasteiger partial charge in [-0.3, -0.25) is 0 Å². The number of hydrogen-bond acceptors (Lipinski definition) is 3. The Kier molecular flexibility index (Phi) is 5.33. The van der Waals surface area contributed by atoms with E-state index in [4.69, 9.17) is 22.4 Å². The Morgan fingerprint density at radius 2 is 2.15 bits per heavy atom. The molecule has 0 fully saturated rings. The molecule has 4 N–H and O–H groups in total. The number of aliphatic carboxylic acids is 1. The SMILES string of the molecule is CCNC(=S)N[C@H](C(=O)O)[C@@H](C)O. The third-order valence-electron chi connectivity index (χ3n) is 1.37. The maximum absolute atomic E-state index is 10.6. The maximum atomic E-state index is 10.6. The van der Waals surface area contributed by atoms with Crippen LogP contribution in [0.25, 0.3) is 0 Å². The Hall–Kier alpha value is -0.880. The van der Waals surface area contributed by atoms with Gasteiger partial charge in [0.2, 0.25) is 0 Å². The van der Waals surface area contributed by atoms with E-state index in [-0.39, 0.29) is 5.11 Å². The van der Waals surface area contributed by atoms with Gasteiger partial charge in [-0.15, -0.1) is 0 Å². The van der Waals surface area contributed by atoms with E-state index in [1.807, 2.05) is 6.92 Å². The molecular weight excluding hydrogens is 192 g/mol. The zero-order valence-electron chi connectivity index (χ0n) is 7.57. The molecule has 5 nitrogen and oxygen atoms in total. The molecule has 0 saturated carbocycles. The number of nitrogens with one attached hydrogen (secondary N) is 2. The molecule has 0 aliphatic rings. The van der Waals surface area contributed by atoms with E-state index in [1.54, 1.807) is 0 Å². The van der Waals surface area contributed by atoms with Crippen molar-refractivity contribution in [2.24, 2.45) is 0 Å². The molecule has 76 valence electrons. The summed E-state index contributed by atoms with van der Waals surface area (Å²) in [5, 5.41) is 23.2. The monoisotopic (exact) mass is 206 g/mol. The van der Waals surface area contributed by atoms with Crippen LogP contribution in [-0.2, 0) is 4.79 Å². The molecule has 0 heterocycles. The average Bonchev–Trinajstić information content (AvgIpc) is 1.99. The van der Waals surface area contributed by atoms with Gasteiger partial charge in [-0.2, -0.15) is 0 Å². The quantitative estimate of drug-likeness (QED) is 0.456. The molecule has 0 bridgehead atoms. The number of aliphatic hydroxyl groups excluding tert-OH is 1. The molecule has 13 heavy (non-hydrogen) atoms. The van der Waals surface area contributed by atoms with Crippen molar-refractivity contribution >= 4 is 23.3 Å². The van der Waals surface area contributed by atoms with Gasteiger partial charge in [0, 0.05) is 6.54 Å². The molecule has 0 aliphatic heterocycles. The Labute approximate surface area is 82.1 Å². The third-order valence-corrected chi connectivity index (χ3v) is 1.63. The number of thiocarbonyl (C=S) groups is 1. The van der Waals surface area contributed by atoms with Crippen LogP contribution in [0.4, 0.5) is 0 Å². The lowest BCUT2D eigenvalue weighted by Crippen LogP contribution is -2.50. The Morgan fingerprint density at radius 1 is 1.62 bits per heavy atom. The van der Waals surface area contributed by atoms with Gasteiger partial charge < -0.3 is 20.8 Å². The van der Waals surface area contributed by atoms with Crippen LogP contribution >= 0.6 is 12.2 Å². The summed E-state index contributed by atoms with van der Waals surface area (Å²) in [5.41, 5.74) is 0. The summed E-state index contributed by atoms with van der Waals surface area (Å²) < 4.78 is 0. The summed E-state index contributed by atoms with van der Waals surface area (Å²) in [7, 11) is 0. The van der Waals surface area contributed by atoms with Crippen molar-refractivity contribution in [3.63, 3.8) is 0 Å². The first-order valence-corrected chi connectivity index (χ1v) is 4.35. The van der Waals surface area contributed by atoms with Crippen molar-refractivity contribution in [3.8, 4) is 0 Å². The number of carboxylic acid groups (broad SMARTS) is 1. The van der Waals surface area contributed by atoms with E-state index >= 15 is 0 Å². The van der Waals surface area contributed by atoms with Crippen molar-refractivity contribution in [1.29, 1.82) is 0 Å². The number of aliphatic hydroxyl groups is 1. The molecule has 0 unspecified atom stereocenters. The second-order valence-corrected chi connectivity index (χ2v) is 2.97. The first-order chi connectivity index (χ1) is 5.99. The fraction of sp³-hybridized carbons (Fsp3) is 0.714. The highest BCUT2D eigenvalue weighted by Gasteiger charge is 2.23. The molecule has 0 amide bonds. The van der Waals surface area contributed by atoms with E-state index in [9.17, 15) is 4.79 Å². The predicted octanol–water partition coefficient (Wildman–Crippen LogP) is -0.696. The molecule has 0 aliphatic carbocycles. The molecule has 2 atom stereocenters. The predicted molar refractivity (Wildman–Crippen MR) is 52.5 cm³/mol. The standard InChI is InChI=1S/C7H14N2O3S/c1-3-8-7(13)9-5(4(2)10)6(11)12/h4-5,10H,3H2,1-2H3,(H,11,12)(H2,8,9,13)/t4-,5+/m1/s1. The maximum Gasteiger partial charge on any atom is 0.328 e. The first kappa shape index (κ1) is 12.1. The lowest BCUT2D eigenvalue weighted by molar-refractivity contribution is -0.141. The number of hydrogen-bond donors (Lipinski definition) is 4. The highest BCUT2D eigenvalue weighted by atomic mass is 32.1. The highest BCUT2D eigenvalue weighted by molar-refractivity contribution is 7.80. The smallest absolute Gasteiger partial charge is 0.328 e. The summed E-state index contributed by atoms with van der Waals surface area (Å²) in [4.78, 5) is 10.6. The number of carboxylic acids is 1. The topological polar surface area (TPSA) is 81.6 Å². The van der Waals surface area contributed by atoms with Crippen molar-refractivity contribution in [3.05, 3.63) is 0 Å². The van der Waals surface area contributed by atoms with Crippen LogP contribution in [0.5, 0.6) is 0 Å². The Balaban J connectivity index is 4.10. The van der Waals surface area contributed by atoms with Crippen LogP contribution in [0.15, 0.2) is 0 Å². The van der Waals surface area contributed by atoms with Gasteiger partial charge in [-0.05, 0) is 26.1 Å². The summed E-state index contributed by atoms with van der Waals surface area (Å²) in [6.45, 7) is 3.84. The van der Waals surface area contributed by atoms with E-state index in [2.05, 4.69) is 10.6 Å². The van der Waals surface area contributed by atoms with E-state index < -0.39 is 18.1 Å². The van der Waals surface area contributed by atoms with Gasteiger partial charge >= 0.3 is 5.97 Å². The largest absolute Gasteiger partial charge is 0.480 e. The van der Waals surface area contributed by atoms with Crippen LogP contribution in [0.2, 0.25) is 0 Å². The summed E-state index contributed by atoms with van der Waals surface area (Å²) in [6.07, 6.45) is -0.992. The molecule has 0 rings (SSSR count). The van der Waals surface area contributed by atoms with Gasteiger partial charge in [0.25, 0.3) is 0 Å². The molecule has 0 aromatic rings. The Bertz CT molecular complexity index is 196. The fourth-order valence-electron chi connectivity index (χ4n) is 0.742. The molecular formula is C7H14N2O3S. The first-order valence-electron chi connectivity index (χ1n) is 3.94. The summed E-state index contributed by atoms with van der Waals surface area (Å²) in [5.74, 6) is -1.13. The fourth-order valence-corrected chi connectivity index (χ4v) is 1.01. The third kappa shape index (κ3) is 4.64. The lowest BCUT2D eigenvalue weighted by Gasteiger charge is -2.18. The van der Waals surface area contributed by atoms with Crippen molar-refractivity contribution < 1.29 is 15.0 Å². The summed E-state index contributed by atoms with van der Waals surface area (Å²) >= 11 is 4.77. The van der Waals surface area contributed by atoms with Gasteiger partial charge in [0.15, 0.2) is 11.2 Å².